The van der Waals surface area contributed by atoms with E-state index in [1.807, 2.05) is 25.1 Å². The van der Waals surface area contributed by atoms with Gasteiger partial charge in [-0.25, -0.2) is 9.86 Å². The van der Waals surface area contributed by atoms with Crippen LogP contribution in [-0.2, 0) is 11.0 Å². The van der Waals surface area contributed by atoms with Gasteiger partial charge in [0.2, 0.25) is 0 Å². The molecule has 0 fully saturated rings. The lowest BCUT2D eigenvalue weighted by Gasteiger charge is -2.18. The fraction of sp³-hybridized carbons (Fsp3) is 0.188. The Kier molecular flexibility index (Phi) is 4.40. The van der Waals surface area contributed by atoms with Gasteiger partial charge in [0, 0.05) is 7.05 Å². The van der Waals surface area contributed by atoms with Gasteiger partial charge in [0.1, 0.15) is 0 Å². The Labute approximate surface area is 125 Å². The monoisotopic (exact) mass is 309 g/mol. The zero-order valence-corrected chi connectivity index (χ0v) is 12.0. The molecule has 6 heteroatoms. The first-order valence-electron chi connectivity index (χ1n) is 6.47. The molecule has 22 heavy (non-hydrogen) atoms. The molecule has 0 unspecified atom stereocenters. The second-order valence-corrected chi connectivity index (χ2v) is 4.79. The number of hydroxylamine groups is 1. The zero-order chi connectivity index (χ0) is 16.3. The van der Waals surface area contributed by atoms with Crippen molar-refractivity contribution in [3.05, 3.63) is 65.2 Å². The predicted octanol–water partition coefficient (Wildman–Crippen LogP) is 4.22. The van der Waals surface area contributed by atoms with Crippen molar-refractivity contribution in [2.45, 2.75) is 13.1 Å². The summed E-state index contributed by atoms with van der Waals surface area (Å²) in [4.78, 5) is 17.0. The molecule has 0 amide bonds. The highest BCUT2D eigenvalue weighted by Crippen LogP contribution is 2.29. The van der Waals surface area contributed by atoms with Gasteiger partial charge in [-0.15, -0.1) is 0 Å². The standard InChI is InChI=1S/C16H14F3NO2/c1-11-4-3-5-14(10-11)20(2)22-15(21)12-6-8-13(9-7-12)16(17,18)19/h3-10H,1-2H3. The first-order chi connectivity index (χ1) is 10.3. The number of rotatable bonds is 3. The summed E-state index contributed by atoms with van der Waals surface area (Å²) in [5.74, 6) is -0.724. The molecule has 2 aromatic rings. The number of halogens is 3. The maximum atomic E-state index is 12.5. The third kappa shape index (κ3) is 3.78. The molecule has 0 saturated heterocycles. The van der Waals surface area contributed by atoms with Crippen LogP contribution in [0.1, 0.15) is 21.5 Å². The number of anilines is 1. The smallest absolute Gasteiger partial charge is 0.336 e. The van der Waals surface area contributed by atoms with E-state index in [4.69, 9.17) is 4.84 Å². The fourth-order valence-corrected chi connectivity index (χ4v) is 1.85. The number of carbonyl (C=O) groups excluding carboxylic acids is 1. The Bertz CT molecular complexity index is 666. The van der Waals surface area contributed by atoms with Crippen LogP contribution in [0.2, 0.25) is 0 Å². The van der Waals surface area contributed by atoms with E-state index < -0.39 is 17.7 Å². The van der Waals surface area contributed by atoms with Crippen LogP contribution in [-0.4, -0.2) is 13.0 Å². The van der Waals surface area contributed by atoms with Crippen molar-refractivity contribution in [1.29, 1.82) is 0 Å². The van der Waals surface area contributed by atoms with Crippen LogP contribution in [0.3, 0.4) is 0 Å². The van der Waals surface area contributed by atoms with Gasteiger partial charge in [-0.05, 0) is 48.9 Å². The van der Waals surface area contributed by atoms with Crippen molar-refractivity contribution in [1.82, 2.24) is 0 Å². The Morgan fingerprint density at radius 3 is 2.27 bits per heavy atom. The summed E-state index contributed by atoms with van der Waals surface area (Å²) in [6.07, 6.45) is -4.43. The van der Waals surface area contributed by atoms with Crippen molar-refractivity contribution in [3.63, 3.8) is 0 Å². The van der Waals surface area contributed by atoms with E-state index in [0.29, 0.717) is 5.69 Å². The normalized spacial score (nSPS) is 11.1. The van der Waals surface area contributed by atoms with Crippen molar-refractivity contribution in [3.8, 4) is 0 Å². The van der Waals surface area contributed by atoms with Crippen LogP contribution in [0, 0.1) is 6.92 Å². The third-order valence-corrected chi connectivity index (χ3v) is 3.03. The average Bonchev–Trinajstić information content (AvgIpc) is 2.46. The minimum absolute atomic E-state index is 0.0486. The number of carbonyl (C=O) groups is 1. The molecule has 116 valence electrons. The van der Waals surface area contributed by atoms with E-state index in [1.165, 1.54) is 5.06 Å². The van der Waals surface area contributed by atoms with Crippen molar-refractivity contribution in [2.75, 3.05) is 12.1 Å². The van der Waals surface area contributed by atoms with Gasteiger partial charge in [-0.3, -0.25) is 0 Å². The molecule has 0 N–H and O–H groups in total. The lowest BCUT2D eigenvalue weighted by Crippen LogP contribution is -2.22. The van der Waals surface area contributed by atoms with Crippen LogP contribution >= 0.6 is 0 Å². The number of aryl methyl sites for hydroxylation is 1. The lowest BCUT2D eigenvalue weighted by molar-refractivity contribution is -0.137. The molecule has 2 rings (SSSR count). The molecule has 0 atom stereocenters. The second kappa shape index (κ2) is 6.09. The molecule has 0 spiro atoms. The zero-order valence-electron chi connectivity index (χ0n) is 12.0. The summed E-state index contributed by atoms with van der Waals surface area (Å²) >= 11 is 0. The molecule has 3 nitrogen and oxygen atoms in total. The van der Waals surface area contributed by atoms with Crippen molar-refractivity contribution >= 4 is 11.7 Å². The van der Waals surface area contributed by atoms with Gasteiger partial charge in [-0.1, -0.05) is 12.1 Å². The van der Waals surface area contributed by atoms with E-state index in [-0.39, 0.29) is 5.56 Å². The van der Waals surface area contributed by atoms with Crippen LogP contribution < -0.4 is 5.06 Å². The number of alkyl halides is 3. The van der Waals surface area contributed by atoms with E-state index in [9.17, 15) is 18.0 Å². The van der Waals surface area contributed by atoms with E-state index in [2.05, 4.69) is 0 Å². The van der Waals surface area contributed by atoms with Crippen LogP contribution in [0.5, 0.6) is 0 Å². The summed E-state index contributed by atoms with van der Waals surface area (Å²) in [6, 6.07) is 11.2. The van der Waals surface area contributed by atoms with Gasteiger partial charge >= 0.3 is 12.1 Å². The van der Waals surface area contributed by atoms with Gasteiger partial charge < -0.3 is 4.84 Å². The fourth-order valence-electron chi connectivity index (χ4n) is 1.85. The summed E-state index contributed by atoms with van der Waals surface area (Å²) in [5, 5.41) is 1.27. The Hall–Kier alpha value is -2.50. The molecular weight excluding hydrogens is 295 g/mol. The van der Waals surface area contributed by atoms with Gasteiger partial charge in [-0.2, -0.15) is 13.2 Å². The Balaban J connectivity index is 2.09. The first kappa shape index (κ1) is 15.9. The molecule has 0 aliphatic heterocycles. The average molecular weight is 309 g/mol. The minimum atomic E-state index is -4.43. The van der Waals surface area contributed by atoms with Crippen LogP contribution in [0.25, 0.3) is 0 Å². The first-order valence-corrected chi connectivity index (χ1v) is 6.47. The van der Waals surface area contributed by atoms with E-state index in [0.717, 1.165) is 29.8 Å². The molecular formula is C16H14F3NO2. The second-order valence-electron chi connectivity index (χ2n) is 4.79. The van der Waals surface area contributed by atoms with Crippen LogP contribution in [0.4, 0.5) is 18.9 Å². The van der Waals surface area contributed by atoms with Crippen LogP contribution in [0.15, 0.2) is 48.5 Å². The molecule has 0 radical (unpaired) electrons. The van der Waals surface area contributed by atoms with Crippen molar-refractivity contribution in [2.24, 2.45) is 0 Å². The van der Waals surface area contributed by atoms with Crippen molar-refractivity contribution < 1.29 is 22.8 Å². The number of benzene rings is 2. The molecule has 0 aromatic heterocycles. The van der Waals surface area contributed by atoms with E-state index >= 15 is 0 Å². The molecule has 2 aromatic carbocycles. The Morgan fingerprint density at radius 1 is 1.09 bits per heavy atom. The third-order valence-electron chi connectivity index (χ3n) is 3.03. The Morgan fingerprint density at radius 2 is 1.73 bits per heavy atom. The number of nitrogens with zero attached hydrogens (tertiary/aromatic N) is 1. The van der Waals surface area contributed by atoms with E-state index in [1.54, 1.807) is 13.1 Å². The molecule has 0 aliphatic carbocycles. The maximum Gasteiger partial charge on any atom is 0.416 e. The predicted molar refractivity (Wildman–Crippen MR) is 76.4 cm³/mol. The quantitative estimate of drug-likeness (QED) is 0.795. The minimum Gasteiger partial charge on any atom is -0.336 e. The summed E-state index contributed by atoms with van der Waals surface area (Å²) in [7, 11) is 1.55. The van der Waals surface area contributed by atoms with Gasteiger partial charge in [0.05, 0.1) is 16.8 Å². The topological polar surface area (TPSA) is 29.5 Å². The number of hydrogen-bond donors (Lipinski definition) is 0. The number of hydrogen-bond acceptors (Lipinski definition) is 3. The molecule has 0 saturated carbocycles. The summed E-state index contributed by atoms with van der Waals surface area (Å²) in [5.41, 5.74) is 0.902. The summed E-state index contributed by atoms with van der Waals surface area (Å²) in [6.45, 7) is 1.90. The lowest BCUT2D eigenvalue weighted by atomic mass is 10.1. The molecule has 0 heterocycles. The van der Waals surface area contributed by atoms with Gasteiger partial charge in [0.25, 0.3) is 0 Å². The highest BCUT2D eigenvalue weighted by atomic mass is 19.4. The SMILES string of the molecule is Cc1cccc(N(C)OC(=O)c2ccc(C(F)(F)F)cc2)c1. The largest absolute Gasteiger partial charge is 0.416 e. The molecule has 0 bridgehead atoms. The highest BCUT2D eigenvalue weighted by molar-refractivity contribution is 5.90. The highest BCUT2D eigenvalue weighted by Gasteiger charge is 2.30. The summed E-state index contributed by atoms with van der Waals surface area (Å²) < 4.78 is 37.4. The maximum absolute atomic E-state index is 12.5. The molecule has 0 aliphatic rings. The van der Waals surface area contributed by atoms with Gasteiger partial charge in [0.15, 0.2) is 0 Å².